The van der Waals surface area contributed by atoms with E-state index in [9.17, 15) is 4.79 Å². The molecule has 1 aliphatic rings. The molecular formula is C17H14N4O3S. The summed E-state index contributed by atoms with van der Waals surface area (Å²) in [5, 5.41) is 5.53. The van der Waals surface area contributed by atoms with Gasteiger partial charge < -0.3 is 14.8 Å². The Morgan fingerprint density at radius 1 is 1.24 bits per heavy atom. The number of hydrogen-bond acceptors (Lipinski definition) is 7. The Morgan fingerprint density at radius 2 is 2.16 bits per heavy atom. The molecule has 0 spiro atoms. The van der Waals surface area contributed by atoms with Crippen LogP contribution in [0.5, 0.6) is 11.5 Å². The molecule has 1 aliphatic heterocycles. The number of carbonyl (C=O) groups is 1. The molecule has 1 aromatic carbocycles. The minimum atomic E-state index is -0.226. The predicted octanol–water partition coefficient (Wildman–Crippen LogP) is 2.30. The van der Waals surface area contributed by atoms with Gasteiger partial charge in [-0.1, -0.05) is 6.07 Å². The third-order valence-corrected chi connectivity index (χ3v) is 4.49. The summed E-state index contributed by atoms with van der Waals surface area (Å²) in [5.74, 6) is 0.860. The number of hydrogen-bond donors (Lipinski definition) is 1. The van der Waals surface area contributed by atoms with Gasteiger partial charge in [-0.15, -0.1) is 11.3 Å². The molecule has 0 radical (unpaired) electrons. The minimum absolute atomic E-state index is 0.226. The molecule has 8 heteroatoms. The van der Waals surface area contributed by atoms with Crippen molar-refractivity contribution in [1.82, 2.24) is 20.3 Å². The first kappa shape index (κ1) is 15.5. The number of benzene rings is 1. The third-order valence-electron chi connectivity index (χ3n) is 3.57. The van der Waals surface area contributed by atoms with E-state index >= 15 is 0 Å². The van der Waals surface area contributed by atoms with Crippen LogP contribution in [0.4, 0.5) is 0 Å². The van der Waals surface area contributed by atoms with E-state index in [2.05, 4.69) is 20.3 Å². The van der Waals surface area contributed by atoms with E-state index in [0.717, 1.165) is 10.7 Å². The number of carbonyl (C=O) groups excluding carboxylic acids is 1. The van der Waals surface area contributed by atoms with Crippen molar-refractivity contribution in [2.24, 2.45) is 0 Å². The van der Waals surface area contributed by atoms with Crippen LogP contribution in [0.1, 0.15) is 16.1 Å². The topological polar surface area (TPSA) is 86.2 Å². The van der Waals surface area contributed by atoms with Crippen molar-refractivity contribution in [3.05, 3.63) is 53.4 Å². The molecule has 126 valence electrons. The summed E-state index contributed by atoms with van der Waals surface area (Å²) < 4.78 is 11.1. The number of ether oxygens (including phenoxy) is 2. The molecule has 0 aliphatic carbocycles. The molecule has 3 heterocycles. The van der Waals surface area contributed by atoms with Gasteiger partial charge in [0.1, 0.15) is 23.9 Å². The number of rotatable bonds is 4. The monoisotopic (exact) mass is 354 g/mol. The Kier molecular flexibility index (Phi) is 4.26. The third kappa shape index (κ3) is 3.29. The van der Waals surface area contributed by atoms with Crippen LogP contribution in [0.25, 0.3) is 10.7 Å². The van der Waals surface area contributed by atoms with E-state index in [1.165, 1.54) is 11.3 Å². The van der Waals surface area contributed by atoms with Crippen molar-refractivity contribution in [2.45, 2.75) is 6.54 Å². The molecule has 0 saturated heterocycles. The SMILES string of the molecule is O=C(NCc1csc(-c2cnccn2)n1)c1cccc2c1OCCO2. The second kappa shape index (κ2) is 6.86. The average molecular weight is 354 g/mol. The molecular weight excluding hydrogens is 340 g/mol. The van der Waals surface area contributed by atoms with E-state index in [0.29, 0.717) is 42.5 Å². The van der Waals surface area contributed by atoms with Crippen LogP contribution in [0.2, 0.25) is 0 Å². The van der Waals surface area contributed by atoms with Crippen molar-refractivity contribution in [3.8, 4) is 22.2 Å². The maximum absolute atomic E-state index is 12.5. The Morgan fingerprint density at radius 3 is 3.04 bits per heavy atom. The standard InChI is InChI=1S/C17H14N4O3S/c22-16(12-2-1-3-14-15(12)24-7-6-23-14)20-8-11-10-25-17(21-11)13-9-18-4-5-19-13/h1-5,9-10H,6-8H2,(H,20,22). The largest absolute Gasteiger partial charge is 0.486 e. The zero-order chi connectivity index (χ0) is 17.1. The Labute approximate surface area is 147 Å². The molecule has 1 amide bonds. The molecule has 0 saturated carbocycles. The summed E-state index contributed by atoms with van der Waals surface area (Å²) in [7, 11) is 0. The number of fused-ring (bicyclic) bond motifs is 1. The fourth-order valence-electron chi connectivity index (χ4n) is 2.43. The number of aromatic nitrogens is 3. The first-order valence-electron chi connectivity index (χ1n) is 7.69. The Bertz CT molecular complexity index is 898. The van der Waals surface area contributed by atoms with Gasteiger partial charge in [0.25, 0.3) is 5.91 Å². The Balaban J connectivity index is 1.46. The maximum Gasteiger partial charge on any atom is 0.255 e. The zero-order valence-corrected chi connectivity index (χ0v) is 14.0. The summed E-state index contributed by atoms with van der Waals surface area (Å²) in [4.78, 5) is 25.2. The van der Waals surface area contributed by atoms with Gasteiger partial charge in [0.15, 0.2) is 11.5 Å². The zero-order valence-electron chi connectivity index (χ0n) is 13.1. The molecule has 4 rings (SSSR count). The number of para-hydroxylation sites is 1. The van der Waals surface area contributed by atoms with E-state index < -0.39 is 0 Å². The second-order valence-corrected chi connectivity index (χ2v) is 6.11. The van der Waals surface area contributed by atoms with Crippen LogP contribution in [-0.4, -0.2) is 34.1 Å². The van der Waals surface area contributed by atoms with Crippen molar-refractivity contribution < 1.29 is 14.3 Å². The molecule has 2 aromatic heterocycles. The second-order valence-electron chi connectivity index (χ2n) is 5.25. The normalized spacial score (nSPS) is 12.6. The van der Waals surface area contributed by atoms with Gasteiger partial charge in [-0.2, -0.15) is 0 Å². The van der Waals surface area contributed by atoms with Crippen molar-refractivity contribution in [2.75, 3.05) is 13.2 Å². The quantitative estimate of drug-likeness (QED) is 0.774. The number of thiazole rings is 1. The highest BCUT2D eigenvalue weighted by Crippen LogP contribution is 2.33. The highest BCUT2D eigenvalue weighted by molar-refractivity contribution is 7.13. The molecule has 1 N–H and O–H groups in total. The number of nitrogens with one attached hydrogen (secondary N) is 1. The van der Waals surface area contributed by atoms with Crippen molar-refractivity contribution in [3.63, 3.8) is 0 Å². The molecule has 0 bridgehead atoms. The van der Waals surface area contributed by atoms with Gasteiger partial charge in [-0.3, -0.25) is 14.8 Å². The van der Waals surface area contributed by atoms with Gasteiger partial charge in [-0.05, 0) is 12.1 Å². The summed E-state index contributed by atoms with van der Waals surface area (Å²) in [6, 6.07) is 5.28. The van der Waals surface area contributed by atoms with E-state index in [1.807, 2.05) is 5.38 Å². The van der Waals surface area contributed by atoms with Gasteiger partial charge in [0.2, 0.25) is 0 Å². The lowest BCUT2D eigenvalue weighted by Crippen LogP contribution is -2.25. The summed E-state index contributed by atoms with van der Waals surface area (Å²) in [5.41, 5.74) is 1.94. The summed E-state index contributed by atoms with van der Waals surface area (Å²) >= 11 is 1.46. The molecule has 25 heavy (non-hydrogen) atoms. The van der Waals surface area contributed by atoms with E-state index in [1.54, 1.807) is 36.8 Å². The summed E-state index contributed by atoms with van der Waals surface area (Å²) in [6.07, 6.45) is 4.90. The van der Waals surface area contributed by atoms with Gasteiger partial charge in [0.05, 0.1) is 24.0 Å². The fourth-order valence-corrected chi connectivity index (χ4v) is 3.21. The van der Waals surface area contributed by atoms with Crippen LogP contribution in [-0.2, 0) is 6.54 Å². The van der Waals surface area contributed by atoms with Gasteiger partial charge in [0, 0.05) is 17.8 Å². The lowest BCUT2D eigenvalue weighted by Gasteiger charge is -2.20. The van der Waals surface area contributed by atoms with Crippen LogP contribution in [0.3, 0.4) is 0 Å². The Hall–Kier alpha value is -3.00. The average Bonchev–Trinajstić information content (AvgIpc) is 3.15. The lowest BCUT2D eigenvalue weighted by molar-refractivity contribution is 0.0939. The van der Waals surface area contributed by atoms with Crippen LogP contribution >= 0.6 is 11.3 Å². The van der Waals surface area contributed by atoms with Crippen LogP contribution in [0, 0.1) is 0 Å². The first-order valence-corrected chi connectivity index (χ1v) is 8.57. The van der Waals surface area contributed by atoms with Crippen molar-refractivity contribution in [1.29, 1.82) is 0 Å². The van der Waals surface area contributed by atoms with E-state index in [-0.39, 0.29) is 5.91 Å². The number of nitrogens with zero attached hydrogens (tertiary/aromatic N) is 3. The molecule has 0 atom stereocenters. The highest BCUT2D eigenvalue weighted by atomic mass is 32.1. The molecule has 3 aromatic rings. The van der Waals surface area contributed by atoms with Crippen LogP contribution < -0.4 is 14.8 Å². The van der Waals surface area contributed by atoms with Crippen molar-refractivity contribution >= 4 is 17.2 Å². The molecule has 0 unspecified atom stereocenters. The van der Waals surface area contributed by atoms with Gasteiger partial charge >= 0.3 is 0 Å². The van der Waals surface area contributed by atoms with Crippen LogP contribution in [0.15, 0.2) is 42.2 Å². The predicted molar refractivity (Wildman–Crippen MR) is 91.7 cm³/mol. The smallest absolute Gasteiger partial charge is 0.255 e. The lowest BCUT2D eigenvalue weighted by atomic mass is 10.1. The fraction of sp³-hybridized carbons (Fsp3) is 0.176. The minimum Gasteiger partial charge on any atom is -0.486 e. The summed E-state index contributed by atoms with van der Waals surface area (Å²) in [6.45, 7) is 1.24. The molecule has 7 nitrogen and oxygen atoms in total. The highest BCUT2D eigenvalue weighted by Gasteiger charge is 2.20. The number of amides is 1. The first-order chi connectivity index (χ1) is 12.3. The maximum atomic E-state index is 12.5. The molecule has 0 fully saturated rings. The van der Waals surface area contributed by atoms with Gasteiger partial charge in [-0.25, -0.2) is 4.98 Å². The van der Waals surface area contributed by atoms with E-state index in [4.69, 9.17) is 9.47 Å².